The molecule has 0 unspecified atom stereocenters. The molecule has 0 spiro atoms. The second kappa shape index (κ2) is 5.84. The first-order valence-corrected chi connectivity index (χ1v) is 8.15. The maximum Gasteiger partial charge on any atom is 0.262 e. The number of nitrogens with one attached hydrogen (secondary N) is 1. The van der Waals surface area contributed by atoms with Gasteiger partial charge in [0.2, 0.25) is 0 Å². The molecule has 0 atom stereocenters. The Balaban J connectivity index is 0.000000637. The molecule has 1 aromatic carbocycles. The van der Waals surface area contributed by atoms with Crippen LogP contribution in [0.15, 0.2) is 17.0 Å². The van der Waals surface area contributed by atoms with Crippen molar-refractivity contribution < 1.29 is 9.90 Å². The Labute approximate surface area is 121 Å². The summed E-state index contributed by atoms with van der Waals surface area (Å²) in [6.07, 6.45) is 0. The van der Waals surface area contributed by atoms with Gasteiger partial charge in [0.25, 0.3) is 5.91 Å². The third kappa shape index (κ3) is 2.44. The number of carbonyl (C=O) groups excluding carboxylic acids is 1. The van der Waals surface area contributed by atoms with Gasteiger partial charge < -0.3 is 10.4 Å². The van der Waals surface area contributed by atoms with Crippen molar-refractivity contribution in [2.45, 2.75) is 25.7 Å². The Hall–Kier alpha value is -1.20. The molecule has 1 aromatic heterocycles. The second-order valence-corrected chi connectivity index (χ2v) is 6.10. The van der Waals surface area contributed by atoms with Gasteiger partial charge in [-0.1, -0.05) is 13.8 Å². The molecule has 5 heteroatoms. The zero-order chi connectivity index (χ0) is 14.0. The Bertz CT molecular complexity index is 619. The molecule has 0 saturated carbocycles. The first-order chi connectivity index (χ1) is 9.18. The van der Waals surface area contributed by atoms with Crippen LogP contribution in [0.5, 0.6) is 5.75 Å². The fourth-order valence-corrected chi connectivity index (χ4v) is 4.48. The van der Waals surface area contributed by atoms with Gasteiger partial charge in [0.15, 0.2) is 0 Å². The summed E-state index contributed by atoms with van der Waals surface area (Å²) in [5.74, 6) is 1.17. The lowest BCUT2D eigenvalue weighted by Crippen LogP contribution is -2.22. The van der Waals surface area contributed by atoms with Crippen LogP contribution in [0.25, 0.3) is 10.1 Å². The number of aromatic hydroxyl groups is 1. The summed E-state index contributed by atoms with van der Waals surface area (Å²) >= 11 is 3.19. The second-order valence-electron chi connectivity index (χ2n) is 3.95. The summed E-state index contributed by atoms with van der Waals surface area (Å²) in [6, 6.07) is 3.57. The molecule has 1 aliphatic heterocycles. The molecule has 0 saturated heterocycles. The highest BCUT2D eigenvalue weighted by Crippen LogP contribution is 2.42. The minimum atomic E-state index is 0.00471. The Kier molecular flexibility index (Phi) is 4.37. The van der Waals surface area contributed by atoms with E-state index in [0.29, 0.717) is 12.3 Å². The standard InChI is InChI=1S/C12H11NO2S2.C2H6/c1-6-7(14)2-3-8-9(6)10-11(17-8)12(15)13-4-5-16-10;1-2/h2-3,14H,4-5H2,1H3,(H,13,15);1-2H3. The van der Waals surface area contributed by atoms with Gasteiger partial charge in [-0.25, -0.2) is 0 Å². The predicted octanol–water partition coefficient (Wildman–Crippen LogP) is 3.78. The highest BCUT2D eigenvalue weighted by atomic mass is 32.2. The largest absolute Gasteiger partial charge is 0.508 e. The van der Waals surface area contributed by atoms with E-state index in [9.17, 15) is 9.90 Å². The summed E-state index contributed by atoms with van der Waals surface area (Å²) in [5.41, 5.74) is 0.863. The van der Waals surface area contributed by atoms with Crippen molar-refractivity contribution in [2.75, 3.05) is 12.3 Å². The number of thiophene rings is 1. The Morgan fingerprint density at radius 2 is 2.05 bits per heavy atom. The van der Waals surface area contributed by atoms with Gasteiger partial charge in [0, 0.05) is 32.8 Å². The van der Waals surface area contributed by atoms with Crippen molar-refractivity contribution >= 4 is 39.1 Å². The van der Waals surface area contributed by atoms with E-state index in [1.54, 1.807) is 17.8 Å². The van der Waals surface area contributed by atoms with Crippen molar-refractivity contribution in [1.82, 2.24) is 5.32 Å². The predicted molar refractivity (Wildman–Crippen MR) is 82.6 cm³/mol. The minimum Gasteiger partial charge on any atom is -0.508 e. The van der Waals surface area contributed by atoms with Crippen molar-refractivity contribution in [3.8, 4) is 5.75 Å². The van der Waals surface area contributed by atoms with Gasteiger partial charge in [-0.3, -0.25) is 4.79 Å². The molecule has 1 amide bonds. The van der Waals surface area contributed by atoms with E-state index in [2.05, 4.69) is 5.32 Å². The number of hydrogen-bond donors (Lipinski definition) is 2. The average molecular weight is 295 g/mol. The fourth-order valence-electron chi connectivity index (χ4n) is 2.00. The van der Waals surface area contributed by atoms with Gasteiger partial charge in [-0.15, -0.1) is 23.1 Å². The molecule has 0 bridgehead atoms. The quantitative estimate of drug-likeness (QED) is 0.777. The van der Waals surface area contributed by atoms with E-state index in [1.807, 2.05) is 26.8 Å². The van der Waals surface area contributed by atoms with Crippen molar-refractivity contribution in [1.29, 1.82) is 0 Å². The highest BCUT2D eigenvalue weighted by molar-refractivity contribution is 7.99. The fraction of sp³-hybridized carbons (Fsp3) is 0.357. The normalized spacial score (nSPS) is 14.2. The Morgan fingerprint density at radius 1 is 1.32 bits per heavy atom. The number of benzene rings is 1. The zero-order valence-corrected chi connectivity index (χ0v) is 12.9. The van der Waals surface area contributed by atoms with E-state index < -0.39 is 0 Å². The lowest BCUT2D eigenvalue weighted by Gasteiger charge is -2.03. The van der Waals surface area contributed by atoms with Crippen LogP contribution in [0.1, 0.15) is 29.1 Å². The Morgan fingerprint density at radius 3 is 2.79 bits per heavy atom. The zero-order valence-electron chi connectivity index (χ0n) is 11.2. The van der Waals surface area contributed by atoms with E-state index in [4.69, 9.17) is 0 Å². The molecule has 1 aliphatic rings. The average Bonchev–Trinajstić information content (AvgIpc) is 2.71. The monoisotopic (exact) mass is 295 g/mol. The van der Waals surface area contributed by atoms with Crippen molar-refractivity contribution in [2.24, 2.45) is 0 Å². The van der Waals surface area contributed by atoms with Gasteiger partial charge in [-0.2, -0.15) is 0 Å². The van der Waals surface area contributed by atoms with Crippen LogP contribution in [0.3, 0.4) is 0 Å². The van der Waals surface area contributed by atoms with Crippen LogP contribution in [0.4, 0.5) is 0 Å². The number of hydrogen-bond acceptors (Lipinski definition) is 4. The lowest BCUT2D eigenvalue weighted by molar-refractivity contribution is 0.0959. The molecule has 2 N–H and O–H groups in total. The third-order valence-corrected chi connectivity index (χ3v) is 5.27. The number of aryl methyl sites for hydroxylation is 1. The molecule has 102 valence electrons. The smallest absolute Gasteiger partial charge is 0.262 e. The van der Waals surface area contributed by atoms with Crippen molar-refractivity contribution in [3.05, 3.63) is 22.6 Å². The molecule has 19 heavy (non-hydrogen) atoms. The number of carbonyl (C=O) groups is 1. The number of phenols is 1. The minimum absolute atomic E-state index is 0.00471. The number of amides is 1. The molecule has 2 aromatic rings. The third-order valence-electron chi connectivity index (χ3n) is 2.88. The van der Waals surface area contributed by atoms with Crippen LogP contribution in [-0.2, 0) is 0 Å². The van der Waals surface area contributed by atoms with Crippen LogP contribution >= 0.6 is 23.1 Å². The maximum absolute atomic E-state index is 11.9. The summed E-state index contributed by atoms with van der Waals surface area (Å²) in [5, 5.41) is 13.7. The lowest BCUT2D eigenvalue weighted by atomic mass is 10.1. The topological polar surface area (TPSA) is 49.3 Å². The van der Waals surface area contributed by atoms with Crippen LogP contribution in [0, 0.1) is 6.92 Å². The molecule has 0 aliphatic carbocycles. The number of rotatable bonds is 0. The summed E-state index contributed by atoms with van der Waals surface area (Å²) in [7, 11) is 0. The van der Waals surface area contributed by atoms with Crippen LogP contribution in [0.2, 0.25) is 0 Å². The summed E-state index contributed by atoms with van der Waals surface area (Å²) in [4.78, 5) is 13.7. The number of thioether (sulfide) groups is 1. The van der Waals surface area contributed by atoms with E-state index >= 15 is 0 Å². The van der Waals surface area contributed by atoms with Gasteiger partial charge >= 0.3 is 0 Å². The van der Waals surface area contributed by atoms with Gasteiger partial charge in [0.05, 0.1) is 0 Å². The van der Waals surface area contributed by atoms with Crippen LogP contribution in [-0.4, -0.2) is 23.3 Å². The summed E-state index contributed by atoms with van der Waals surface area (Å²) in [6.45, 7) is 6.60. The first kappa shape index (κ1) is 14.2. The molecular formula is C14H17NO2S2. The maximum atomic E-state index is 11.9. The molecule has 3 nitrogen and oxygen atoms in total. The van der Waals surface area contributed by atoms with E-state index in [1.165, 1.54) is 11.3 Å². The highest BCUT2D eigenvalue weighted by Gasteiger charge is 2.22. The van der Waals surface area contributed by atoms with Gasteiger partial charge in [0.1, 0.15) is 10.6 Å². The number of fused-ring (bicyclic) bond motifs is 3. The molecule has 2 heterocycles. The molecule has 0 radical (unpaired) electrons. The van der Waals surface area contributed by atoms with Gasteiger partial charge in [-0.05, 0) is 19.1 Å². The molecule has 3 rings (SSSR count). The first-order valence-electron chi connectivity index (χ1n) is 6.34. The van der Waals surface area contributed by atoms with Crippen LogP contribution < -0.4 is 5.32 Å². The SMILES string of the molecule is CC.Cc1c(O)ccc2sc3c(c12)SCCNC3=O. The summed E-state index contributed by atoms with van der Waals surface area (Å²) < 4.78 is 1.06. The molecule has 0 fully saturated rings. The molecular weight excluding hydrogens is 278 g/mol. The van der Waals surface area contributed by atoms with Crippen molar-refractivity contribution in [3.63, 3.8) is 0 Å². The van der Waals surface area contributed by atoms with E-state index in [-0.39, 0.29) is 5.91 Å². The number of phenolic OH excluding ortho intramolecular Hbond substituents is 1. The van der Waals surface area contributed by atoms with E-state index in [0.717, 1.165) is 31.2 Å².